The third-order valence-corrected chi connectivity index (χ3v) is 6.82. The van der Waals surface area contributed by atoms with E-state index in [1.807, 2.05) is 13.8 Å². The van der Waals surface area contributed by atoms with E-state index in [0.717, 1.165) is 24.8 Å². The van der Waals surface area contributed by atoms with E-state index in [4.69, 9.17) is 11.6 Å². The number of nitro benzene ring substituents is 1. The van der Waals surface area contributed by atoms with Gasteiger partial charge in [-0.25, -0.2) is 8.42 Å². The van der Waals surface area contributed by atoms with E-state index in [9.17, 15) is 18.5 Å². The molecule has 0 spiro atoms. The number of aryl methyl sites for hydroxylation is 1. The molecule has 0 fully saturated rings. The predicted octanol–water partition coefficient (Wildman–Crippen LogP) is 5.65. The van der Waals surface area contributed by atoms with Crippen LogP contribution in [0.1, 0.15) is 49.0 Å². The first kappa shape index (κ1) is 20.4. The van der Waals surface area contributed by atoms with Crippen molar-refractivity contribution in [1.29, 1.82) is 0 Å². The van der Waals surface area contributed by atoms with Gasteiger partial charge >= 0.3 is 0 Å². The van der Waals surface area contributed by atoms with Crippen molar-refractivity contribution in [2.75, 3.05) is 0 Å². The number of unbranched alkanes of at least 4 members (excludes halogenated alkanes) is 2. The monoisotopic (exact) mass is 395 g/mol. The molecule has 0 heterocycles. The molecule has 2 aromatic rings. The zero-order valence-electron chi connectivity index (χ0n) is 14.8. The third kappa shape index (κ3) is 4.62. The predicted molar refractivity (Wildman–Crippen MR) is 103 cm³/mol. The van der Waals surface area contributed by atoms with Crippen molar-refractivity contribution in [2.45, 2.75) is 49.7 Å². The van der Waals surface area contributed by atoms with Gasteiger partial charge in [-0.05, 0) is 37.1 Å². The average Bonchev–Trinajstić information content (AvgIpc) is 2.58. The van der Waals surface area contributed by atoms with Gasteiger partial charge in [0.05, 0.1) is 15.1 Å². The van der Waals surface area contributed by atoms with Gasteiger partial charge in [0.1, 0.15) is 5.02 Å². The lowest BCUT2D eigenvalue weighted by molar-refractivity contribution is -0.384. The molecule has 0 aliphatic heterocycles. The minimum absolute atomic E-state index is 0.0490. The van der Waals surface area contributed by atoms with Crippen molar-refractivity contribution in [3.63, 3.8) is 0 Å². The van der Waals surface area contributed by atoms with Gasteiger partial charge in [0.25, 0.3) is 5.69 Å². The first-order valence-electron chi connectivity index (χ1n) is 8.51. The van der Waals surface area contributed by atoms with Crippen molar-refractivity contribution in [2.24, 2.45) is 0 Å². The van der Waals surface area contributed by atoms with Crippen LogP contribution in [0, 0.1) is 17.0 Å². The molecule has 0 saturated heterocycles. The Morgan fingerprint density at radius 3 is 2.31 bits per heavy atom. The normalized spacial score (nSPS) is 12.7. The molecule has 2 aromatic carbocycles. The summed E-state index contributed by atoms with van der Waals surface area (Å²) in [6.45, 7) is 3.94. The van der Waals surface area contributed by atoms with Crippen molar-refractivity contribution in [3.8, 4) is 0 Å². The van der Waals surface area contributed by atoms with Crippen LogP contribution < -0.4 is 0 Å². The number of halogens is 1. The van der Waals surface area contributed by atoms with E-state index in [-0.39, 0.29) is 15.6 Å². The standard InChI is InChI=1S/C19H22ClNO4S/c1-3-4-5-6-19(15-9-12-18(21(22)23)17(20)13-15)26(24,25)16-10-7-14(2)8-11-16/h7-13,19H,3-6H2,1-2H3. The van der Waals surface area contributed by atoms with Crippen LogP contribution in [0.3, 0.4) is 0 Å². The highest BCUT2D eigenvalue weighted by Crippen LogP contribution is 2.36. The van der Waals surface area contributed by atoms with Crippen molar-refractivity contribution < 1.29 is 13.3 Å². The molecule has 0 aromatic heterocycles. The SMILES string of the molecule is CCCCCC(c1ccc([N+](=O)[O-])c(Cl)c1)S(=O)(=O)c1ccc(C)cc1. The molecule has 7 heteroatoms. The molecule has 0 radical (unpaired) electrons. The molecule has 0 bridgehead atoms. The van der Waals surface area contributed by atoms with Crippen LogP contribution in [0.5, 0.6) is 0 Å². The van der Waals surface area contributed by atoms with Crippen LogP contribution in [-0.4, -0.2) is 13.3 Å². The van der Waals surface area contributed by atoms with Crippen molar-refractivity contribution in [3.05, 3.63) is 68.7 Å². The Balaban J connectivity index is 2.47. The number of hydrogen-bond donors (Lipinski definition) is 0. The van der Waals surface area contributed by atoms with Crippen LogP contribution >= 0.6 is 11.6 Å². The second-order valence-electron chi connectivity index (χ2n) is 6.31. The minimum atomic E-state index is -3.63. The highest BCUT2D eigenvalue weighted by atomic mass is 35.5. The molecule has 5 nitrogen and oxygen atoms in total. The minimum Gasteiger partial charge on any atom is -0.258 e. The summed E-state index contributed by atoms with van der Waals surface area (Å²) in [5, 5.41) is 10.1. The molecule has 140 valence electrons. The lowest BCUT2D eigenvalue weighted by atomic mass is 10.1. The molecule has 0 amide bonds. The summed E-state index contributed by atoms with van der Waals surface area (Å²) < 4.78 is 26.4. The molecular formula is C19H22ClNO4S. The summed E-state index contributed by atoms with van der Waals surface area (Å²) in [6, 6.07) is 10.9. The van der Waals surface area contributed by atoms with E-state index in [1.54, 1.807) is 24.3 Å². The first-order valence-corrected chi connectivity index (χ1v) is 10.4. The van der Waals surface area contributed by atoms with Gasteiger partial charge in [0.2, 0.25) is 0 Å². The third-order valence-electron chi connectivity index (χ3n) is 4.33. The molecule has 0 aliphatic carbocycles. The Bertz CT molecular complexity index is 879. The van der Waals surface area contributed by atoms with Gasteiger partial charge in [0.15, 0.2) is 9.84 Å². The summed E-state index contributed by atoms with van der Waals surface area (Å²) in [7, 11) is -3.63. The van der Waals surface area contributed by atoms with Gasteiger partial charge < -0.3 is 0 Å². The average molecular weight is 396 g/mol. The Kier molecular flexibility index (Phi) is 6.78. The van der Waals surface area contributed by atoms with Crippen LogP contribution in [-0.2, 0) is 9.84 Å². The number of benzene rings is 2. The number of rotatable bonds is 8. The van der Waals surface area contributed by atoms with Gasteiger partial charge in [-0.3, -0.25) is 10.1 Å². The fraction of sp³-hybridized carbons (Fsp3) is 0.368. The fourth-order valence-electron chi connectivity index (χ4n) is 2.84. The second kappa shape index (κ2) is 8.64. The maximum absolute atomic E-state index is 13.2. The van der Waals surface area contributed by atoms with Crippen LogP contribution in [0.15, 0.2) is 47.4 Å². The van der Waals surface area contributed by atoms with E-state index in [0.29, 0.717) is 12.0 Å². The topological polar surface area (TPSA) is 77.3 Å². The Morgan fingerprint density at radius 2 is 1.77 bits per heavy atom. The van der Waals surface area contributed by atoms with E-state index >= 15 is 0 Å². The number of nitro groups is 1. The van der Waals surface area contributed by atoms with Gasteiger partial charge in [0, 0.05) is 6.07 Å². The van der Waals surface area contributed by atoms with Crippen LogP contribution in [0.25, 0.3) is 0 Å². The van der Waals surface area contributed by atoms with Gasteiger partial charge in [-0.2, -0.15) is 0 Å². The molecule has 1 unspecified atom stereocenters. The quantitative estimate of drug-likeness (QED) is 0.328. The van der Waals surface area contributed by atoms with E-state index < -0.39 is 20.0 Å². The summed E-state index contributed by atoms with van der Waals surface area (Å²) in [5.74, 6) is 0. The molecule has 0 N–H and O–H groups in total. The molecular weight excluding hydrogens is 374 g/mol. The molecule has 26 heavy (non-hydrogen) atoms. The Labute approximate surface area is 159 Å². The fourth-order valence-corrected chi connectivity index (χ4v) is 4.93. The van der Waals surface area contributed by atoms with Crippen LogP contribution in [0.4, 0.5) is 5.69 Å². The Hall–Kier alpha value is -1.92. The van der Waals surface area contributed by atoms with Crippen molar-refractivity contribution in [1.82, 2.24) is 0 Å². The molecule has 1 atom stereocenters. The summed E-state index contributed by atoms with van der Waals surface area (Å²) in [6.07, 6.45) is 3.08. The number of sulfone groups is 1. The number of hydrogen-bond acceptors (Lipinski definition) is 4. The second-order valence-corrected chi connectivity index (χ2v) is 8.85. The summed E-state index contributed by atoms with van der Waals surface area (Å²) in [4.78, 5) is 10.6. The highest BCUT2D eigenvalue weighted by Gasteiger charge is 2.30. The summed E-state index contributed by atoms with van der Waals surface area (Å²) >= 11 is 6.01. The zero-order chi connectivity index (χ0) is 19.3. The Morgan fingerprint density at radius 1 is 1.12 bits per heavy atom. The van der Waals surface area contributed by atoms with Crippen molar-refractivity contribution >= 4 is 27.1 Å². The smallest absolute Gasteiger partial charge is 0.258 e. The zero-order valence-corrected chi connectivity index (χ0v) is 16.4. The van der Waals surface area contributed by atoms with E-state index in [2.05, 4.69) is 0 Å². The highest BCUT2D eigenvalue weighted by molar-refractivity contribution is 7.91. The lowest BCUT2D eigenvalue weighted by Crippen LogP contribution is -2.14. The lowest BCUT2D eigenvalue weighted by Gasteiger charge is -2.19. The largest absolute Gasteiger partial charge is 0.287 e. The van der Waals surface area contributed by atoms with Crippen LogP contribution in [0.2, 0.25) is 5.02 Å². The molecule has 2 rings (SSSR count). The van der Waals surface area contributed by atoms with E-state index in [1.165, 1.54) is 18.2 Å². The molecule has 0 aliphatic rings. The van der Waals surface area contributed by atoms with Gasteiger partial charge in [-0.15, -0.1) is 0 Å². The summed E-state index contributed by atoms with van der Waals surface area (Å²) in [5.41, 5.74) is 1.23. The molecule has 0 saturated carbocycles. The first-order chi connectivity index (χ1) is 12.3. The number of nitrogens with zero attached hydrogens (tertiary/aromatic N) is 1. The maximum atomic E-state index is 13.2. The van der Waals surface area contributed by atoms with Gasteiger partial charge in [-0.1, -0.05) is 61.5 Å². The maximum Gasteiger partial charge on any atom is 0.287 e.